The smallest absolute Gasteiger partial charge is 0.328 e. The van der Waals surface area contributed by atoms with E-state index in [1.807, 2.05) is 13.8 Å². The molecule has 5 nitrogen and oxygen atoms in total. The number of amides is 1. The zero-order valence-electron chi connectivity index (χ0n) is 12.6. The van der Waals surface area contributed by atoms with Crippen molar-refractivity contribution >= 4 is 11.9 Å². The Kier molecular flexibility index (Phi) is 8.39. The van der Waals surface area contributed by atoms with Crippen molar-refractivity contribution in [3.63, 3.8) is 0 Å². The molecule has 0 saturated heterocycles. The Bertz CT molecular complexity index is 292. The summed E-state index contributed by atoms with van der Waals surface area (Å²) < 4.78 is 0. The number of hydrazine groups is 1. The predicted octanol–water partition coefficient (Wildman–Crippen LogP) is 2.40. The van der Waals surface area contributed by atoms with Gasteiger partial charge in [-0.2, -0.15) is 0 Å². The predicted molar refractivity (Wildman–Crippen MR) is 75.2 cm³/mol. The quantitative estimate of drug-likeness (QED) is 0.383. The standard InChI is InChI=1S/C14H28N2O3/c1-5-11(4)7-8-12(14(18)19)16(15)13(17)9-6-10(2)3/h10-12H,5-9,15H2,1-4H3,(H,18,19). The fraction of sp³-hybridized carbons (Fsp3) is 0.857. The molecule has 0 aliphatic carbocycles. The summed E-state index contributed by atoms with van der Waals surface area (Å²) in [5.74, 6) is 5.22. The van der Waals surface area contributed by atoms with Crippen molar-refractivity contribution in [3.8, 4) is 0 Å². The molecule has 0 aliphatic rings. The molecule has 0 aromatic rings. The molecule has 0 rings (SSSR count). The fourth-order valence-corrected chi connectivity index (χ4v) is 1.74. The van der Waals surface area contributed by atoms with E-state index in [9.17, 15) is 14.7 Å². The number of aliphatic carboxylic acids is 1. The van der Waals surface area contributed by atoms with Gasteiger partial charge in [-0.1, -0.05) is 34.1 Å². The van der Waals surface area contributed by atoms with E-state index in [0.717, 1.165) is 24.3 Å². The number of nitrogens with zero attached hydrogens (tertiary/aromatic N) is 1. The molecule has 5 heteroatoms. The summed E-state index contributed by atoms with van der Waals surface area (Å²) in [4.78, 5) is 23.1. The van der Waals surface area contributed by atoms with Gasteiger partial charge in [0.1, 0.15) is 6.04 Å². The molecular weight excluding hydrogens is 244 g/mol. The summed E-state index contributed by atoms with van der Waals surface area (Å²) >= 11 is 0. The lowest BCUT2D eigenvalue weighted by atomic mass is 9.99. The van der Waals surface area contributed by atoms with Crippen LogP contribution in [0.1, 0.15) is 59.8 Å². The first-order valence-corrected chi connectivity index (χ1v) is 7.09. The maximum atomic E-state index is 11.8. The van der Waals surface area contributed by atoms with E-state index in [0.29, 0.717) is 24.7 Å². The van der Waals surface area contributed by atoms with Crippen molar-refractivity contribution in [3.05, 3.63) is 0 Å². The van der Waals surface area contributed by atoms with E-state index in [2.05, 4.69) is 13.8 Å². The van der Waals surface area contributed by atoms with Crippen molar-refractivity contribution < 1.29 is 14.7 Å². The van der Waals surface area contributed by atoms with Gasteiger partial charge < -0.3 is 5.11 Å². The zero-order chi connectivity index (χ0) is 15.0. The Morgan fingerprint density at radius 2 is 1.74 bits per heavy atom. The van der Waals surface area contributed by atoms with Crippen LogP contribution in [-0.4, -0.2) is 28.0 Å². The second-order valence-corrected chi connectivity index (χ2v) is 5.68. The Hall–Kier alpha value is -1.10. The van der Waals surface area contributed by atoms with E-state index < -0.39 is 12.0 Å². The number of carbonyl (C=O) groups excluding carboxylic acids is 1. The molecule has 0 aromatic carbocycles. The minimum Gasteiger partial charge on any atom is -0.480 e. The Labute approximate surface area is 116 Å². The van der Waals surface area contributed by atoms with Crippen molar-refractivity contribution in [2.24, 2.45) is 17.7 Å². The summed E-state index contributed by atoms with van der Waals surface area (Å²) in [6.07, 6.45) is 3.20. The molecule has 0 fully saturated rings. The molecule has 0 saturated carbocycles. The Morgan fingerprint density at radius 1 is 1.16 bits per heavy atom. The van der Waals surface area contributed by atoms with Crippen LogP contribution in [0.3, 0.4) is 0 Å². The SMILES string of the molecule is CCC(C)CCC(C(=O)O)N(N)C(=O)CCC(C)C. The van der Waals surface area contributed by atoms with E-state index in [4.69, 9.17) is 5.84 Å². The summed E-state index contributed by atoms with van der Waals surface area (Å²) in [6.45, 7) is 8.17. The van der Waals surface area contributed by atoms with Gasteiger partial charge >= 0.3 is 5.97 Å². The van der Waals surface area contributed by atoms with E-state index in [-0.39, 0.29) is 5.91 Å². The van der Waals surface area contributed by atoms with Crippen LogP contribution in [0, 0.1) is 11.8 Å². The van der Waals surface area contributed by atoms with Crippen molar-refractivity contribution in [1.82, 2.24) is 5.01 Å². The molecule has 19 heavy (non-hydrogen) atoms. The normalized spacial score (nSPS) is 14.2. The lowest BCUT2D eigenvalue weighted by molar-refractivity contribution is -0.151. The molecule has 2 atom stereocenters. The number of rotatable bonds is 9. The molecule has 1 amide bonds. The lowest BCUT2D eigenvalue weighted by Gasteiger charge is -2.25. The minimum atomic E-state index is -1.02. The third kappa shape index (κ3) is 7.15. The summed E-state index contributed by atoms with van der Waals surface area (Å²) in [7, 11) is 0. The van der Waals surface area contributed by atoms with Crippen LogP contribution in [0.25, 0.3) is 0 Å². The lowest BCUT2D eigenvalue weighted by Crippen LogP contribution is -2.49. The average molecular weight is 272 g/mol. The van der Waals surface area contributed by atoms with Gasteiger partial charge in [0.15, 0.2) is 0 Å². The highest BCUT2D eigenvalue weighted by Crippen LogP contribution is 2.15. The van der Waals surface area contributed by atoms with Gasteiger partial charge in [-0.25, -0.2) is 10.6 Å². The van der Waals surface area contributed by atoms with Gasteiger partial charge in [-0.15, -0.1) is 0 Å². The molecule has 0 aromatic heterocycles. The number of carboxylic acid groups (broad SMARTS) is 1. The monoisotopic (exact) mass is 272 g/mol. The first-order valence-electron chi connectivity index (χ1n) is 7.09. The van der Waals surface area contributed by atoms with Gasteiger partial charge in [0.25, 0.3) is 0 Å². The minimum absolute atomic E-state index is 0.287. The van der Waals surface area contributed by atoms with Crippen LogP contribution < -0.4 is 5.84 Å². The molecular formula is C14H28N2O3. The van der Waals surface area contributed by atoms with Crippen LogP contribution in [0.2, 0.25) is 0 Å². The third-order valence-electron chi connectivity index (χ3n) is 3.47. The van der Waals surface area contributed by atoms with Crippen molar-refractivity contribution in [2.45, 2.75) is 65.8 Å². The number of hydrogen-bond donors (Lipinski definition) is 2. The first-order chi connectivity index (χ1) is 8.79. The summed E-state index contributed by atoms with van der Waals surface area (Å²) in [6, 6.07) is -0.909. The van der Waals surface area contributed by atoms with Crippen LogP contribution in [0.4, 0.5) is 0 Å². The Balaban J connectivity index is 4.43. The molecule has 112 valence electrons. The van der Waals surface area contributed by atoms with Crippen LogP contribution in [0.15, 0.2) is 0 Å². The molecule has 3 N–H and O–H groups in total. The van der Waals surface area contributed by atoms with Crippen LogP contribution >= 0.6 is 0 Å². The van der Waals surface area contributed by atoms with Crippen molar-refractivity contribution in [2.75, 3.05) is 0 Å². The van der Waals surface area contributed by atoms with E-state index >= 15 is 0 Å². The van der Waals surface area contributed by atoms with E-state index in [1.165, 1.54) is 0 Å². The largest absolute Gasteiger partial charge is 0.480 e. The number of hydrogen-bond acceptors (Lipinski definition) is 3. The number of carbonyl (C=O) groups is 2. The fourth-order valence-electron chi connectivity index (χ4n) is 1.74. The van der Waals surface area contributed by atoms with Crippen molar-refractivity contribution in [1.29, 1.82) is 0 Å². The van der Waals surface area contributed by atoms with Crippen LogP contribution in [-0.2, 0) is 9.59 Å². The molecule has 0 bridgehead atoms. The highest BCUT2D eigenvalue weighted by Gasteiger charge is 2.27. The highest BCUT2D eigenvalue weighted by atomic mass is 16.4. The maximum absolute atomic E-state index is 11.8. The number of nitrogens with two attached hydrogens (primary N) is 1. The molecule has 0 aliphatic heterocycles. The topological polar surface area (TPSA) is 83.6 Å². The first kappa shape index (κ1) is 17.9. The zero-order valence-corrected chi connectivity index (χ0v) is 12.6. The Morgan fingerprint density at radius 3 is 2.16 bits per heavy atom. The third-order valence-corrected chi connectivity index (χ3v) is 3.47. The molecule has 2 unspecified atom stereocenters. The maximum Gasteiger partial charge on any atom is 0.328 e. The van der Waals surface area contributed by atoms with Gasteiger partial charge in [0.05, 0.1) is 0 Å². The van der Waals surface area contributed by atoms with Gasteiger partial charge in [0.2, 0.25) is 5.91 Å². The molecule has 0 radical (unpaired) electrons. The summed E-state index contributed by atoms with van der Waals surface area (Å²) in [5, 5.41) is 10.1. The van der Waals surface area contributed by atoms with E-state index in [1.54, 1.807) is 0 Å². The number of carboxylic acids is 1. The van der Waals surface area contributed by atoms with Crippen LogP contribution in [0.5, 0.6) is 0 Å². The second-order valence-electron chi connectivity index (χ2n) is 5.68. The second kappa shape index (κ2) is 8.91. The average Bonchev–Trinajstić information content (AvgIpc) is 2.34. The molecule has 0 heterocycles. The summed E-state index contributed by atoms with van der Waals surface area (Å²) in [5.41, 5.74) is 0. The van der Waals surface area contributed by atoms with Gasteiger partial charge in [-0.05, 0) is 31.1 Å². The molecule has 0 spiro atoms. The highest BCUT2D eigenvalue weighted by molar-refractivity contribution is 5.83. The van der Waals surface area contributed by atoms with Gasteiger partial charge in [0, 0.05) is 6.42 Å². The van der Waals surface area contributed by atoms with Gasteiger partial charge in [-0.3, -0.25) is 9.80 Å².